The van der Waals surface area contributed by atoms with E-state index in [9.17, 15) is 4.39 Å². The van der Waals surface area contributed by atoms with E-state index in [4.69, 9.17) is 0 Å². The summed E-state index contributed by atoms with van der Waals surface area (Å²) in [4.78, 5) is 0. The van der Waals surface area contributed by atoms with Crippen LogP contribution in [0.5, 0.6) is 0 Å². The molecule has 3 heteroatoms. The molecule has 0 aromatic heterocycles. The number of aryl methyl sites for hydroxylation is 1. The maximum absolute atomic E-state index is 13.2. The molecule has 0 heterocycles. The second-order valence-electron chi connectivity index (χ2n) is 3.12. The minimum atomic E-state index is -0.231. The van der Waals surface area contributed by atoms with Crippen molar-refractivity contribution in [3.8, 4) is 0 Å². The summed E-state index contributed by atoms with van der Waals surface area (Å²) in [5, 5.41) is 5.58. The summed E-state index contributed by atoms with van der Waals surface area (Å²) >= 11 is 0. The van der Waals surface area contributed by atoms with Crippen molar-refractivity contribution in [3.05, 3.63) is 35.1 Å². The predicted octanol–water partition coefficient (Wildman–Crippen LogP) is 2.03. The van der Waals surface area contributed by atoms with Crippen LogP contribution in [-0.2, 0) is 0 Å². The number of hydrogen-bond acceptors (Lipinski definition) is 2. The van der Waals surface area contributed by atoms with Gasteiger partial charge in [-0.25, -0.2) is 4.39 Å². The van der Waals surface area contributed by atoms with E-state index in [-0.39, 0.29) is 5.82 Å². The molecule has 1 aromatic rings. The van der Waals surface area contributed by atoms with Gasteiger partial charge in [-0.15, -0.1) is 0 Å². The first-order valence-electron chi connectivity index (χ1n) is 4.07. The Morgan fingerprint density at radius 1 is 1.38 bits per heavy atom. The van der Waals surface area contributed by atoms with Gasteiger partial charge < -0.3 is 5.01 Å². The van der Waals surface area contributed by atoms with Crippen LogP contribution in [0.4, 0.5) is 4.39 Å². The van der Waals surface area contributed by atoms with Crippen molar-refractivity contribution >= 4 is 6.21 Å². The average Bonchev–Trinajstić information content (AvgIpc) is 2.02. The molecule has 1 rings (SSSR count). The Morgan fingerprint density at radius 3 is 2.62 bits per heavy atom. The fourth-order valence-electron chi connectivity index (χ4n) is 0.915. The van der Waals surface area contributed by atoms with Crippen molar-refractivity contribution in [1.29, 1.82) is 0 Å². The van der Waals surface area contributed by atoms with Gasteiger partial charge in [0.15, 0.2) is 0 Å². The van der Waals surface area contributed by atoms with Crippen molar-refractivity contribution in [2.24, 2.45) is 5.10 Å². The number of hydrogen-bond donors (Lipinski definition) is 0. The molecular formula is C10H13FN2. The van der Waals surface area contributed by atoms with Crippen LogP contribution in [0.2, 0.25) is 0 Å². The summed E-state index contributed by atoms with van der Waals surface area (Å²) in [6.45, 7) is 1.86. The second kappa shape index (κ2) is 4.03. The normalized spacial score (nSPS) is 10.8. The van der Waals surface area contributed by atoms with Gasteiger partial charge in [-0.1, -0.05) is 12.1 Å². The molecule has 0 spiro atoms. The Hall–Kier alpha value is -1.38. The zero-order chi connectivity index (χ0) is 9.84. The van der Waals surface area contributed by atoms with Crippen LogP contribution in [0.3, 0.4) is 0 Å². The van der Waals surface area contributed by atoms with Crippen LogP contribution < -0.4 is 0 Å². The number of halogens is 1. The lowest BCUT2D eigenvalue weighted by atomic mass is 10.1. The standard InChI is InChI=1S/C10H13FN2/c1-8-4-5-9(10(11)6-8)7-12-13(2)3/h4-7H,1-3H3/b12-7+. The van der Waals surface area contributed by atoms with E-state index in [0.717, 1.165) is 5.56 Å². The predicted molar refractivity (Wildman–Crippen MR) is 52.4 cm³/mol. The van der Waals surface area contributed by atoms with Crippen molar-refractivity contribution < 1.29 is 4.39 Å². The molecule has 1 aromatic carbocycles. The Morgan fingerprint density at radius 2 is 2.08 bits per heavy atom. The van der Waals surface area contributed by atoms with Crippen molar-refractivity contribution in [2.45, 2.75) is 6.92 Å². The lowest BCUT2D eigenvalue weighted by Gasteiger charge is -2.03. The summed E-state index contributed by atoms with van der Waals surface area (Å²) in [6, 6.07) is 5.08. The molecular weight excluding hydrogens is 167 g/mol. The summed E-state index contributed by atoms with van der Waals surface area (Å²) < 4.78 is 13.2. The lowest BCUT2D eigenvalue weighted by molar-refractivity contribution is 0.440. The SMILES string of the molecule is Cc1ccc(/C=N/N(C)C)c(F)c1. The van der Waals surface area contributed by atoms with Crippen molar-refractivity contribution in [2.75, 3.05) is 14.1 Å². The number of rotatable bonds is 2. The van der Waals surface area contributed by atoms with Crippen LogP contribution in [0.1, 0.15) is 11.1 Å². The van der Waals surface area contributed by atoms with Gasteiger partial charge in [-0.2, -0.15) is 5.10 Å². The third kappa shape index (κ3) is 2.86. The molecule has 70 valence electrons. The number of hydrazone groups is 1. The zero-order valence-corrected chi connectivity index (χ0v) is 8.08. The first kappa shape index (κ1) is 9.71. The smallest absolute Gasteiger partial charge is 0.132 e. The summed E-state index contributed by atoms with van der Waals surface area (Å²) in [7, 11) is 3.59. The van der Waals surface area contributed by atoms with Gasteiger partial charge in [0.05, 0.1) is 6.21 Å². The summed E-state index contributed by atoms with van der Waals surface area (Å²) in [6.07, 6.45) is 1.51. The van der Waals surface area contributed by atoms with Crippen molar-refractivity contribution in [3.63, 3.8) is 0 Å². The fourth-order valence-corrected chi connectivity index (χ4v) is 0.915. The quantitative estimate of drug-likeness (QED) is 0.502. The van der Waals surface area contributed by atoms with Crippen molar-refractivity contribution in [1.82, 2.24) is 5.01 Å². The largest absolute Gasteiger partial charge is 0.303 e. The van der Waals surface area contributed by atoms with E-state index in [2.05, 4.69) is 5.10 Å². The van der Waals surface area contributed by atoms with Gasteiger partial charge in [0.2, 0.25) is 0 Å². The highest BCUT2D eigenvalue weighted by molar-refractivity contribution is 5.79. The van der Waals surface area contributed by atoms with Crippen LogP contribution in [-0.4, -0.2) is 25.3 Å². The summed E-state index contributed by atoms with van der Waals surface area (Å²) in [5.41, 5.74) is 1.43. The fraction of sp³-hybridized carbons (Fsp3) is 0.300. The highest BCUT2D eigenvalue weighted by atomic mass is 19.1. The highest BCUT2D eigenvalue weighted by Gasteiger charge is 1.98. The monoisotopic (exact) mass is 180 g/mol. The van der Waals surface area contributed by atoms with Crippen LogP contribution in [0.25, 0.3) is 0 Å². The van der Waals surface area contributed by atoms with Gasteiger partial charge >= 0.3 is 0 Å². The minimum absolute atomic E-state index is 0.231. The van der Waals surface area contributed by atoms with Gasteiger partial charge in [-0.05, 0) is 18.6 Å². The van der Waals surface area contributed by atoms with Gasteiger partial charge in [-0.3, -0.25) is 0 Å². The molecule has 13 heavy (non-hydrogen) atoms. The van der Waals surface area contributed by atoms with Crippen LogP contribution >= 0.6 is 0 Å². The Balaban J connectivity index is 2.90. The number of nitrogens with zero attached hydrogens (tertiary/aromatic N) is 2. The minimum Gasteiger partial charge on any atom is -0.303 e. The third-order valence-electron chi connectivity index (χ3n) is 1.58. The molecule has 0 atom stereocenters. The molecule has 0 aliphatic heterocycles. The molecule has 0 amide bonds. The van der Waals surface area contributed by atoms with Crippen LogP contribution in [0.15, 0.2) is 23.3 Å². The van der Waals surface area contributed by atoms with E-state index >= 15 is 0 Å². The molecule has 0 saturated carbocycles. The third-order valence-corrected chi connectivity index (χ3v) is 1.58. The lowest BCUT2D eigenvalue weighted by Crippen LogP contribution is -2.02. The molecule has 0 saturated heterocycles. The Labute approximate surface area is 77.7 Å². The number of benzene rings is 1. The Bertz CT molecular complexity index is 319. The van der Waals surface area contributed by atoms with E-state index in [1.165, 1.54) is 12.3 Å². The van der Waals surface area contributed by atoms with Gasteiger partial charge in [0.1, 0.15) is 5.82 Å². The maximum Gasteiger partial charge on any atom is 0.132 e. The van der Waals surface area contributed by atoms with E-state index in [1.807, 2.05) is 13.0 Å². The van der Waals surface area contributed by atoms with Gasteiger partial charge in [0, 0.05) is 19.7 Å². The molecule has 0 bridgehead atoms. The maximum atomic E-state index is 13.2. The van der Waals surface area contributed by atoms with E-state index < -0.39 is 0 Å². The van der Waals surface area contributed by atoms with Gasteiger partial charge in [0.25, 0.3) is 0 Å². The average molecular weight is 180 g/mol. The second-order valence-corrected chi connectivity index (χ2v) is 3.12. The van der Waals surface area contributed by atoms with Crippen LogP contribution in [0, 0.1) is 12.7 Å². The van der Waals surface area contributed by atoms with E-state index in [1.54, 1.807) is 25.2 Å². The Kier molecular flexibility index (Phi) is 3.01. The molecule has 0 aliphatic carbocycles. The summed E-state index contributed by atoms with van der Waals surface area (Å²) in [5.74, 6) is -0.231. The topological polar surface area (TPSA) is 15.6 Å². The first-order chi connectivity index (χ1) is 6.09. The molecule has 0 aliphatic rings. The first-order valence-corrected chi connectivity index (χ1v) is 4.07. The highest BCUT2D eigenvalue weighted by Crippen LogP contribution is 2.07. The zero-order valence-electron chi connectivity index (χ0n) is 8.08. The van der Waals surface area contributed by atoms with E-state index in [0.29, 0.717) is 5.56 Å². The molecule has 2 nitrogen and oxygen atoms in total. The molecule has 0 unspecified atom stereocenters. The molecule has 0 N–H and O–H groups in total. The molecule has 0 fully saturated rings. The molecule has 0 radical (unpaired) electrons.